The Labute approximate surface area is 166 Å². The highest BCUT2D eigenvalue weighted by Gasteiger charge is 2.36. The van der Waals surface area contributed by atoms with Crippen molar-refractivity contribution in [3.8, 4) is 0 Å². The van der Waals surface area contributed by atoms with Crippen molar-refractivity contribution >= 4 is 16.9 Å². The third-order valence-corrected chi connectivity index (χ3v) is 7.27. The first-order valence-corrected chi connectivity index (χ1v) is 11.3. The van der Waals surface area contributed by atoms with Crippen molar-refractivity contribution in [1.29, 1.82) is 0 Å². The van der Waals surface area contributed by atoms with Crippen molar-refractivity contribution in [3.63, 3.8) is 0 Å². The Morgan fingerprint density at radius 1 is 1.26 bits per heavy atom. The minimum atomic E-state index is -1.42. The lowest BCUT2D eigenvalue weighted by Crippen LogP contribution is -2.37. The van der Waals surface area contributed by atoms with E-state index in [1.54, 1.807) is 13.0 Å². The molecule has 6 heteroatoms. The van der Waals surface area contributed by atoms with Crippen LogP contribution in [-0.2, 0) is 15.8 Å². The molecular formula is C21H37NO4S. The van der Waals surface area contributed by atoms with Gasteiger partial charge in [0.05, 0.1) is 5.25 Å². The van der Waals surface area contributed by atoms with Crippen LogP contribution in [0.1, 0.15) is 72.6 Å². The van der Waals surface area contributed by atoms with Crippen LogP contribution >= 0.6 is 0 Å². The SMILES string of the molecule is C=C(C)/C=C(\C)C(=O)NS(=O)C(CC)CCCCC(C(O)O)C1CCC1C. The van der Waals surface area contributed by atoms with Gasteiger partial charge < -0.3 is 10.2 Å². The second-order valence-electron chi connectivity index (χ2n) is 8.01. The Bertz CT molecular complexity index is 558. The van der Waals surface area contributed by atoms with Gasteiger partial charge in [0.1, 0.15) is 11.0 Å². The molecule has 0 spiro atoms. The number of hydrogen-bond acceptors (Lipinski definition) is 4. The number of amides is 1. The Morgan fingerprint density at radius 2 is 1.89 bits per heavy atom. The van der Waals surface area contributed by atoms with Crippen LogP contribution in [0, 0.1) is 17.8 Å². The van der Waals surface area contributed by atoms with Gasteiger partial charge in [-0.3, -0.25) is 9.52 Å². The van der Waals surface area contributed by atoms with Crippen molar-refractivity contribution in [2.75, 3.05) is 0 Å². The quantitative estimate of drug-likeness (QED) is 0.202. The normalized spacial score (nSPS) is 23.4. The van der Waals surface area contributed by atoms with Gasteiger partial charge in [-0.25, -0.2) is 4.21 Å². The molecule has 3 N–H and O–H groups in total. The Hall–Kier alpha value is -0.980. The molecule has 0 saturated heterocycles. The van der Waals surface area contributed by atoms with E-state index in [1.165, 1.54) is 6.42 Å². The van der Waals surface area contributed by atoms with Gasteiger partial charge in [-0.15, -0.1) is 0 Å². The summed E-state index contributed by atoms with van der Waals surface area (Å²) >= 11 is 0. The highest BCUT2D eigenvalue weighted by atomic mass is 32.2. The van der Waals surface area contributed by atoms with Crippen LogP contribution in [0.3, 0.4) is 0 Å². The van der Waals surface area contributed by atoms with E-state index in [0.717, 1.165) is 44.1 Å². The fourth-order valence-electron chi connectivity index (χ4n) is 3.82. The first-order chi connectivity index (χ1) is 12.7. The zero-order valence-corrected chi connectivity index (χ0v) is 18.1. The molecule has 156 valence electrons. The van der Waals surface area contributed by atoms with Crippen molar-refractivity contribution in [2.45, 2.75) is 84.2 Å². The van der Waals surface area contributed by atoms with Gasteiger partial charge in [0.25, 0.3) is 5.91 Å². The van der Waals surface area contributed by atoms with Gasteiger partial charge >= 0.3 is 0 Å². The molecule has 0 heterocycles. The molecule has 0 bridgehead atoms. The number of hydrogen-bond donors (Lipinski definition) is 3. The van der Waals surface area contributed by atoms with Gasteiger partial charge in [-0.1, -0.05) is 51.3 Å². The largest absolute Gasteiger partial charge is 0.368 e. The molecular weight excluding hydrogens is 362 g/mol. The van der Waals surface area contributed by atoms with Crippen molar-refractivity contribution < 1.29 is 19.2 Å². The number of carbonyl (C=O) groups excluding carboxylic acids is 1. The number of aliphatic hydroxyl groups is 2. The lowest BCUT2D eigenvalue weighted by atomic mass is 9.66. The molecule has 1 fully saturated rings. The summed E-state index contributed by atoms with van der Waals surface area (Å²) in [5.41, 5.74) is 1.28. The Balaban J connectivity index is 2.43. The van der Waals surface area contributed by atoms with Gasteiger partial charge in [0.15, 0.2) is 6.29 Å². The van der Waals surface area contributed by atoms with Gasteiger partial charge in [0.2, 0.25) is 0 Å². The molecule has 1 amide bonds. The first-order valence-electron chi connectivity index (χ1n) is 10.1. The molecule has 5 atom stereocenters. The molecule has 1 saturated carbocycles. The molecule has 5 unspecified atom stereocenters. The zero-order valence-electron chi connectivity index (χ0n) is 17.2. The standard InChI is InChI=1S/C21H37NO4S/c1-6-17(27(26)22-20(23)16(5)13-14(2)3)9-7-8-10-19(21(24)25)18-12-11-15(18)4/h13,15,17-19,21,24-25H,2,6-12H2,1,3-5H3,(H,22,23)/b16-13+. The summed E-state index contributed by atoms with van der Waals surface area (Å²) in [6, 6.07) is 0. The third kappa shape index (κ3) is 7.88. The van der Waals surface area contributed by atoms with Crippen molar-refractivity contribution in [2.24, 2.45) is 17.8 Å². The lowest BCUT2D eigenvalue weighted by Gasteiger charge is -2.41. The molecule has 0 aromatic heterocycles. The number of aliphatic hydroxyl groups excluding tert-OH is 1. The number of rotatable bonds is 12. The van der Waals surface area contributed by atoms with E-state index in [0.29, 0.717) is 17.4 Å². The minimum Gasteiger partial charge on any atom is -0.368 e. The molecule has 0 aromatic carbocycles. The number of unbranched alkanes of at least 4 members (excludes halogenated alkanes) is 1. The second kappa shape index (κ2) is 11.8. The highest BCUT2D eigenvalue weighted by molar-refractivity contribution is 7.84. The Morgan fingerprint density at radius 3 is 2.33 bits per heavy atom. The fraction of sp³-hybridized carbons (Fsp3) is 0.762. The van der Waals surface area contributed by atoms with E-state index in [1.807, 2.05) is 13.8 Å². The zero-order chi connectivity index (χ0) is 20.6. The average Bonchev–Trinajstić information content (AvgIpc) is 2.58. The summed E-state index contributed by atoms with van der Waals surface area (Å²) in [5, 5.41) is 19.2. The van der Waals surface area contributed by atoms with E-state index in [-0.39, 0.29) is 17.1 Å². The van der Waals surface area contributed by atoms with Gasteiger partial charge in [-0.05, 0) is 51.4 Å². The van der Waals surface area contributed by atoms with Gasteiger partial charge in [-0.2, -0.15) is 0 Å². The molecule has 5 nitrogen and oxygen atoms in total. The third-order valence-electron chi connectivity index (χ3n) is 5.71. The summed E-state index contributed by atoms with van der Waals surface area (Å²) in [6.45, 7) is 11.4. The fourth-order valence-corrected chi connectivity index (χ4v) is 5.01. The number of nitrogens with one attached hydrogen (secondary N) is 1. The maximum atomic E-state index is 12.5. The summed E-state index contributed by atoms with van der Waals surface area (Å²) in [4.78, 5) is 12.1. The molecule has 0 aromatic rings. The molecule has 0 aliphatic heterocycles. The summed E-state index contributed by atoms with van der Waals surface area (Å²) in [6.07, 6.45) is 6.67. The summed E-state index contributed by atoms with van der Waals surface area (Å²) < 4.78 is 15.1. The average molecular weight is 400 g/mol. The topological polar surface area (TPSA) is 86.6 Å². The van der Waals surface area contributed by atoms with E-state index < -0.39 is 17.3 Å². The molecule has 1 aliphatic carbocycles. The Kier molecular flexibility index (Phi) is 10.5. The maximum Gasteiger partial charge on any atom is 0.258 e. The first kappa shape index (κ1) is 24.1. The predicted molar refractivity (Wildman–Crippen MR) is 111 cm³/mol. The predicted octanol–water partition coefficient (Wildman–Crippen LogP) is 3.60. The van der Waals surface area contributed by atoms with E-state index in [2.05, 4.69) is 18.2 Å². The van der Waals surface area contributed by atoms with E-state index >= 15 is 0 Å². The lowest BCUT2D eigenvalue weighted by molar-refractivity contribution is -0.123. The van der Waals surface area contributed by atoms with Crippen molar-refractivity contribution in [3.05, 3.63) is 23.8 Å². The second-order valence-corrected chi connectivity index (χ2v) is 9.48. The monoisotopic (exact) mass is 399 g/mol. The van der Waals surface area contributed by atoms with Crippen LogP contribution in [-0.4, -0.2) is 31.9 Å². The molecule has 27 heavy (non-hydrogen) atoms. The molecule has 1 rings (SSSR count). The smallest absolute Gasteiger partial charge is 0.258 e. The van der Waals surface area contributed by atoms with Crippen LogP contribution in [0.5, 0.6) is 0 Å². The van der Waals surface area contributed by atoms with Crippen LogP contribution in [0.25, 0.3) is 0 Å². The number of carbonyl (C=O) groups is 1. The van der Waals surface area contributed by atoms with Crippen LogP contribution in [0.15, 0.2) is 23.8 Å². The minimum absolute atomic E-state index is 0.0612. The van der Waals surface area contributed by atoms with Crippen LogP contribution in [0.2, 0.25) is 0 Å². The summed E-state index contributed by atoms with van der Waals surface area (Å²) in [5.74, 6) is 0.591. The van der Waals surface area contributed by atoms with E-state index in [4.69, 9.17) is 0 Å². The van der Waals surface area contributed by atoms with E-state index in [9.17, 15) is 19.2 Å². The maximum absolute atomic E-state index is 12.5. The van der Waals surface area contributed by atoms with Crippen LogP contribution in [0.4, 0.5) is 0 Å². The highest BCUT2D eigenvalue weighted by Crippen LogP contribution is 2.42. The molecule has 0 radical (unpaired) electrons. The summed E-state index contributed by atoms with van der Waals surface area (Å²) in [7, 11) is -1.42. The van der Waals surface area contributed by atoms with Crippen molar-refractivity contribution in [1.82, 2.24) is 4.72 Å². The number of allylic oxidation sites excluding steroid dienone is 2. The molecule has 1 aliphatic rings. The van der Waals surface area contributed by atoms with Gasteiger partial charge in [0, 0.05) is 11.5 Å². The van der Waals surface area contributed by atoms with Crippen LogP contribution < -0.4 is 4.72 Å².